The van der Waals surface area contributed by atoms with E-state index in [-0.39, 0.29) is 5.57 Å². The van der Waals surface area contributed by atoms with Crippen LogP contribution < -0.4 is 10.2 Å². The molecule has 1 heterocycles. The summed E-state index contributed by atoms with van der Waals surface area (Å²) >= 11 is 4.42. The average molecular weight is 623 g/mol. The van der Waals surface area contributed by atoms with Crippen LogP contribution >= 0.6 is 45.2 Å². The summed E-state index contributed by atoms with van der Waals surface area (Å²) in [4.78, 5) is 12.6. The molecular formula is C23H19I2N3O2. The Kier molecular flexibility index (Phi) is 7.55. The second-order valence-corrected chi connectivity index (χ2v) is 8.97. The maximum atomic E-state index is 12.6. The number of ether oxygens (including phenoxy) is 1. The topological polar surface area (TPSA) is 67.0 Å². The number of carbonyl (C=O) groups excluding carboxylic acids is 1. The largest absolute Gasteiger partial charge is 0.487 e. The minimum absolute atomic E-state index is 0.0343. The molecule has 1 aromatic heterocycles. The van der Waals surface area contributed by atoms with Crippen molar-refractivity contribution in [2.75, 3.05) is 5.43 Å². The van der Waals surface area contributed by atoms with Crippen LogP contribution in [0.1, 0.15) is 22.5 Å². The second kappa shape index (κ2) is 10.1. The lowest BCUT2D eigenvalue weighted by Gasteiger charge is -2.12. The summed E-state index contributed by atoms with van der Waals surface area (Å²) in [6.07, 6.45) is 1.59. The predicted molar refractivity (Wildman–Crippen MR) is 135 cm³/mol. The van der Waals surface area contributed by atoms with Crippen LogP contribution in [0, 0.1) is 32.3 Å². The molecule has 0 aliphatic rings. The number of nitrogens with zero attached hydrogens (tertiary/aromatic N) is 2. The van der Waals surface area contributed by atoms with Gasteiger partial charge in [0, 0.05) is 11.4 Å². The Hall–Kier alpha value is -2.32. The highest BCUT2D eigenvalue weighted by Crippen LogP contribution is 2.30. The minimum atomic E-state index is -0.450. The molecule has 0 unspecified atom stereocenters. The van der Waals surface area contributed by atoms with Crippen molar-refractivity contribution in [3.8, 4) is 11.8 Å². The fourth-order valence-corrected chi connectivity index (χ4v) is 4.98. The lowest BCUT2D eigenvalue weighted by atomic mass is 10.1. The first-order valence-electron chi connectivity index (χ1n) is 9.13. The van der Waals surface area contributed by atoms with Gasteiger partial charge in [-0.15, -0.1) is 0 Å². The summed E-state index contributed by atoms with van der Waals surface area (Å²) in [5.74, 6) is 0.341. The molecule has 30 heavy (non-hydrogen) atoms. The van der Waals surface area contributed by atoms with Crippen molar-refractivity contribution in [1.29, 1.82) is 5.26 Å². The van der Waals surface area contributed by atoms with Crippen LogP contribution in [0.5, 0.6) is 5.75 Å². The zero-order valence-electron chi connectivity index (χ0n) is 16.4. The van der Waals surface area contributed by atoms with Gasteiger partial charge in [-0.3, -0.25) is 14.9 Å². The second-order valence-electron chi connectivity index (χ2n) is 6.65. The first-order chi connectivity index (χ1) is 14.4. The number of amides is 1. The molecule has 0 spiro atoms. The van der Waals surface area contributed by atoms with Gasteiger partial charge in [-0.2, -0.15) is 5.26 Å². The van der Waals surface area contributed by atoms with Crippen LogP contribution in [-0.4, -0.2) is 10.6 Å². The Bertz CT molecular complexity index is 1100. The summed E-state index contributed by atoms with van der Waals surface area (Å²) in [5.41, 5.74) is 6.44. The Morgan fingerprint density at radius 3 is 2.27 bits per heavy atom. The SMILES string of the molecule is Cc1ccc(C)n1NC(=O)/C(C#N)=C\c1cc(I)c(OCc2ccccc2)c(I)c1. The molecule has 0 fully saturated rings. The Morgan fingerprint density at radius 1 is 1.10 bits per heavy atom. The number of aryl methyl sites for hydroxylation is 2. The average Bonchev–Trinajstić information content (AvgIpc) is 3.04. The maximum Gasteiger partial charge on any atom is 0.280 e. The molecule has 0 bridgehead atoms. The zero-order valence-corrected chi connectivity index (χ0v) is 20.8. The Morgan fingerprint density at radius 2 is 1.70 bits per heavy atom. The molecule has 0 aliphatic heterocycles. The molecule has 2 aromatic carbocycles. The third-order valence-corrected chi connectivity index (χ3v) is 6.01. The minimum Gasteiger partial charge on any atom is -0.487 e. The van der Waals surface area contributed by atoms with E-state index in [1.807, 2.05) is 74.5 Å². The maximum absolute atomic E-state index is 12.6. The molecule has 1 N–H and O–H groups in total. The first-order valence-corrected chi connectivity index (χ1v) is 11.3. The molecule has 3 rings (SSSR count). The molecule has 0 saturated heterocycles. The lowest BCUT2D eigenvalue weighted by molar-refractivity contribution is -0.113. The van der Waals surface area contributed by atoms with Crippen molar-refractivity contribution in [3.63, 3.8) is 0 Å². The summed E-state index contributed by atoms with van der Waals surface area (Å²) in [5, 5.41) is 9.51. The number of nitrogens with one attached hydrogen (secondary N) is 1. The Balaban J connectivity index is 1.79. The number of halogens is 2. The van der Waals surface area contributed by atoms with Gasteiger partial charge in [0.25, 0.3) is 5.91 Å². The van der Waals surface area contributed by atoms with Gasteiger partial charge >= 0.3 is 0 Å². The number of hydrogen-bond donors (Lipinski definition) is 1. The standard InChI is InChI=1S/C23H19I2N3O2/c1-15-8-9-16(2)28(15)27-23(29)19(13-26)10-18-11-20(24)22(21(25)12-18)30-14-17-6-4-3-5-7-17/h3-12H,14H2,1-2H3,(H,27,29)/b19-10-. The summed E-state index contributed by atoms with van der Waals surface area (Å²) in [6, 6.07) is 19.6. The van der Waals surface area contributed by atoms with Crippen molar-refractivity contribution >= 4 is 57.2 Å². The van der Waals surface area contributed by atoms with Crippen LogP contribution in [0.25, 0.3) is 6.08 Å². The van der Waals surface area contributed by atoms with Gasteiger partial charge in [-0.1, -0.05) is 30.3 Å². The van der Waals surface area contributed by atoms with E-state index in [9.17, 15) is 10.1 Å². The van der Waals surface area contributed by atoms with Gasteiger partial charge in [-0.25, -0.2) is 0 Å². The summed E-state index contributed by atoms with van der Waals surface area (Å²) in [7, 11) is 0. The van der Waals surface area contributed by atoms with Crippen LogP contribution in [-0.2, 0) is 11.4 Å². The van der Waals surface area contributed by atoms with Gasteiger partial charge < -0.3 is 4.74 Å². The normalized spacial score (nSPS) is 11.1. The van der Waals surface area contributed by atoms with Crippen molar-refractivity contribution in [3.05, 3.63) is 89.8 Å². The predicted octanol–water partition coefficient (Wildman–Crippen LogP) is 5.57. The molecule has 5 nitrogen and oxygen atoms in total. The lowest BCUT2D eigenvalue weighted by Crippen LogP contribution is -2.25. The molecule has 152 valence electrons. The molecule has 0 radical (unpaired) electrons. The van der Waals surface area contributed by atoms with Crippen molar-refractivity contribution in [2.45, 2.75) is 20.5 Å². The monoisotopic (exact) mass is 623 g/mol. The van der Waals surface area contributed by atoms with Gasteiger partial charge in [0.05, 0.1) is 7.14 Å². The number of carbonyl (C=O) groups is 1. The van der Waals surface area contributed by atoms with Gasteiger partial charge in [0.2, 0.25) is 0 Å². The molecular weight excluding hydrogens is 604 g/mol. The Labute approximate surface area is 203 Å². The van der Waals surface area contributed by atoms with Crippen LogP contribution in [0.4, 0.5) is 0 Å². The van der Waals surface area contributed by atoms with E-state index < -0.39 is 5.91 Å². The van der Waals surface area contributed by atoms with E-state index in [0.717, 1.165) is 35.4 Å². The zero-order chi connectivity index (χ0) is 21.7. The van der Waals surface area contributed by atoms with Crippen molar-refractivity contribution in [2.24, 2.45) is 0 Å². The number of nitriles is 1. The molecule has 0 aliphatic carbocycles. The van der Waals surface area contributed by atoms with E-state index in [0.29, 0.717) is 6.61 Å². The van der Waals surface area contributed by atoms with E-state index in [1.54, 1.807) is 10.8 Å². The quantitative estimate of drug-likeness (QED) is 0.222. The van der Waals surface area contributed by atoms with Crippen LogP contribution in [0.2, 0.25) is 0 Å². The molecule has 3 aromatic rings. The third-order valence-electron chi connectivity index (χ3n) is 4.41. The fraction of sp³-hybridized carbons (Fsp3) is 0.130. The summed E-state index contributed by atoms with van der Waals surface area (Å²) < 4.78 is 9.50. The van der Waals surface area contributed by atoms with Gasteiger partial charge in [0.15, 0.2) is 0 Å². The summed E-state index contributed by atoms with van der Waals surface area (Å²) in [6.45, 7) is 4.26. The van der Waals surface area contributed by atoms with Gasteiger partial charge in [-0.05, 0) is 100 Å². The molecule has 1 amide bonds. The highest BCUT2D eigenvalue weighted by Gasteiger charge is 2.14. The highest BCUT2D eigenvalue weighted by molar-refractivity contribution is 14.1. The molecule has 0 saturated carbocycles. The van der Waals surface area contributed by atoms with Crippen molar-refractivity contribution < 1.29 is 9.53 Å². The third kappa shape index (κ3) is 5.43. The van der Waals surface area contributed by atoms with Crippen LogP contribution in [0.15, 0.2) is 60.2 Å². The van der Waals surface area contributed by atoms with E-state index in [2.05, 4.69) is 50.6 Å². The van der Waals surface area contributed by atoms with Crippen LogP contribution in [0.3, 0.4) is 0 Å². The molecule has 0 atom stereocenters. The number of aromatic nitrogens is 1. The van der Waals surface area contributed by atoms with E-state index >= 15 is 0 Å². The van der Waals surface area contributed by atoms with Gasteiger partial charge in [0.1, 0.15) is 24.0 Å². The molecule has 7 heteroatoms. The van der Waals surface area contributed by atoms with Crippen molar-refractivity contribution in [1.82, 2.24) is 4.68 Å². The number of benzene rings is 2. The highest BCUT2D eigenvalue weighted by atomic mass is 127. The first kappa shape index (κ1) is 22.4. The van der Waals surface area contributed by atoms with E-state index in [4.69, 9.17) is 4.74 Å². The fourth-order valence-electron chi connectivity index (χ4n) is 2.85. The van der Waals surface area contributed by atoms with E-state index in [1.165, 1.54) is 0 Å². The number of hydrogen-bond acceptors (Lipinski definition) is 3. The number of rotatable bonds is 6. The smallest absolute Gasteiger partial charge is 0.280 e.